The largest absolute Gasteiger partial charge is 0.280 e. The number of halogens is 1. The predicted molar refractivity (Wildman–Crippen MR) is 126 cm³/mol. The zero-order chi connectivity index (χ0) is 22.6. The first-order valence-electron chi connectivity index (χ1n) is 9.21. The second kappa shape index (κ2) is 9.13. The highest BCUT2D eigenvalue weighted by atomic mass is 35.5. The Morgan fingerprint density at radius 1 is 0.839 bits per heavy atom. The Balaban J connectivity index is 1.86. The number of rotatable bonds is 7. The van der Waals surface area contributed by atoms with E-state index in [-0.39, 0.29) is 10.6 Å². The van der Waals surface area contributed by atoms with Crippen LogP contribution in [0.1, 0.15) is 16.7 Å². The van der Waals surface area contributed by atoms with E-state index in [1.165, 1.54) is 18.2 Å². The van der Waals surface area contributed by atoms with E-state index in [1.54, 1.807) is 55.5 Å². The van der Waals surface area contributed by atoms with E-state index in [9.17, 15) is 16.8 Å². The van der Waals surface area contributed by atoms with Gasteiger partial charge in [0.05, 0.1) is 16.0 Å². The molecular formula is C22H21ClN2O4S2. The smallest absolute Gasteiger partial charge is 0.261 e. The van der Waals surface area contributed by atoms with E-state index in [0.29, 0.717) is 21.8 Å². The Kier molecular flexibility index (Phi) is 6.74. The Morgan fingerprint density at radius 2 is 1.58 bits per heavy atom. The molecule has 0 radical (unpaired) electrons. The number of aryl methyl sites for hydroxylation is 2. The van der Waals surface area contributed by atoms with Crippen molar-refractivity contribution in [3.05, 3.63) is 93.9 Å². The minimum absolute atomic E-state index is 0.0626. The van der Waals surface area contributed by atoms with Crippen LogP contribution in [0.25, 0.3) is 6.08 Å². The van der Waals surface area contributed by atoms with Gasteiger partial charge >= 0.3 is 0 Å². The molecule has 0 fully saturated rings. The maximum absolute atomic E-state index is 12.8. The minimum Gasteiger partial charge on any atom is -0.280 e. The van der Waals surface area contributed by atoms with Crippen molar-refractivity contribution in [2.75, 3.05) is 9.44 Å². The maximum Gasteiger partial charge on any atom is 0.261 e. The molecule has 0 amide bonds. The normalized spacial score (nSPS) is 12.1. The third kappa shape index (κ3) is 6.10. The van der Waals surface area contributed by atoms with E-state index >= 15 is 0 Å². The van der Waals surface area contributed by atoms with Crippen molar-refractivity contribution in [3.63, 3.8) is 0 Å². The van der Waals surface area contributed by atoms with Crippen molar-refractivity contribution in [2.45, 2.75) is 18.7 Å². The summed E-state index contributed by atoms with van der Waals surface area (Å²) >= 11 is 6.05. The van der Waals surface area contributed by atoms with Gasteiger partial charge in [-0.2, -0.15) is 0 Å². The molecule has 0 spiro atoms. The first-order valence-corrected chi connectivity index (χ1v) is 12.6. The van der Waals surface area contributed by atoms with Gasteiger partial charge in [0.25, 0.3) is 20.0 Å². The van der Waals surface area contributed by atoms with Crippen LogP contribution in [0, 0.1) is 13.8 Å². The van der Waals surface area contributed by atoms with Gasteiger partial charge in [0.15, 0.2) is 0 Å². The molecule has 0 bridgehead atoms. The number of anilines is 2. The quantitative estimate of drug-likeness (QED) is 0.492. The maximum atomic E-state index is 12.8. The lowest BCUT2D eigenvalue weighted by Gasteiger charge is -2.12. The number of hydrogen-bond donors (Lipinski definition) is 2. The standard InChI is InChI=1S/C22H21ClN2O4S2/c1-16-6-5-8-19(14-16)24-31(28,29)20-11-10-17(2)22(15-20)25-30(26,27)13-12-18-7-3-4-9-21(18)23/h3-15,24-25H,1-2H3/b13-12+. The SMILES string of the molecule is Cc1cccc(NS(=O)(=O)c2ccc(C)c(NS(=O)(=O)/C=C/c3ccccc3Cl)c2)c1. The molecule has 162 valence electrons. The summed E-state index contributed by atoms with van der Waals surface area (Å²) in [5.41, 5.74) is 2.61. The highest BCUT2D eigenvalue weighted by Gasteiger charge is 2.17. The van der Waals surface area contributed by atoms with Crippen molar-refractivity contribution in [3.8, 4) is 0 Å². The van der Waals surface area contributed by atoms with Gasteiger partial charge in [-0.3, -0.25) is 9.44 Å². The van der Waals surface area contributed by atoms with Crippen molar-refractivity contribution >= 4 is 49.1 Å². The van der Waals surface area contributed by atoms with Gasteiger partial charge in [-0.05, 0) is 66.9 Å². The van der Waals surface area contributed by atoms with Crippen LogP contribution in [-0.4, -0.2) is 16.8 Å². The summed E-state index contributed by atoms with van der Waals surface area (Å²) in [6.07, 6.45) is 1.37. The second-order valence-electron chi connectivity index (χ2n) is 6.92. The highest BCUT2D eigenvalue weighted by molar-refractivity contribution is 7.95. The molecule has 6 nitrogen and oxygen atoms in total. The molecule has 0 atom stereocenters. The summed E-state index contributed by atoms with van der Waals surface area (Å²) in [5.74, 6) is 0. The molecule has 3 aromatic rings. The zero-order valence-corrected chi connectivity index (χ0v) is 19.2. The van der Waals surface area contributed by atoms with E-state index in [0.717, 1.165) is 11.0 Å². The van der Waals surface area contributed by atoms with Crippen molar-refractivity contribution < 1.29 is 16.8 Å². The summed E-state index contributed by atoms with van der Waals surface area (Å²) in [6.45, 7) is 3.53. The Labute approximate surface area is 187 Å². The molecule has 3 aromatic carbocycles. The van der Waals surface area contributed by atoms with Crippen LogP contribution in [0.2, 0.25) is 5.02 Å². The van der Waals surface area contributed by atoms with Gasteiger partial charge in [0.1, 0.15) is 0 Å². The zero-order valence-electron chi connectivity index (χ0n) is 16.8. The van der Waals surface area contributed by atoms with E-state index < -0.39 is 20.0 Å². The van der Waals surface area contributed by atoms with Gasteiger partial charge in [0.2, 0.25) is 0 Å². The molecule has 0 unspecified atom stereocenters. The fourth-order valence-electron chi connectivity index (χ4n) is 2.76. The number of benzene rings is 3. The summed E-state index contributed by atoms with van der Waals surface area (Å²) in [5, 5.41) is 1.40. The Morgan fingerprint density at radius 3 is 2.29 bits per heavy atom. The lowest BCUT2D eigenvalue weighted by Crippen LogP contribution is -2.15. The van der Waals surface area contributed by atoms with Crippen molar-refractivity contribution in [1.82, 2.24) is 0 Å². The summed E-state index contributed by atoms with van der Waals surface area (Å²) in [7, 11) is -7.81. The van der Waals surface area contributed by atoms with Gasteiger partial charge in [0, 0.05) is 10.7 Å². The molecule has 31 heavy (non-hydrogen) atoms. The summed E-state index contributed by atoms with van der Waals surface area (Å²) < 4.78 is 55.5. The predicted octanol–water partition coefficient (Wildman–Crippen LogP) is 5.17. The fourth-order valence-corrected chi connectivity index (χ4v) is 4.96. The highest BCUT2D eigenvalue weighted by Crippen LogP contribution is 2.24. The van der Waals surface area contributed by atoms with Crippen LogP contribution >= 0.6 is 11.6 Å². The molecule has 0 saturated carbocycles. The van der Waals surface area contributed by atoms with Crippen LogP contribution in [0.5, 0.6) is 0 Å². The molecule has 9 heteroatoms. The van der Waals surface area contributed by atoms with E-state index in [4.69, 9.17) is 11.6 Å². The fraction of sp³-hybridized carbons (Fsp3) is 0.0909. The van der Waals surface area contributed by atoms with Crippen LogP contribution in [0.4, 0.5) is 11.4 Å². The molecular weight excluding hydrogens is 456 g/mol. The van der Waals surface area contributed by atoms with Gasteiger partial charge in [-0.1, -0.05) is 48.0 Å². The molecule has 0 aliphatic rings. The monoisotopic (exact) mass is 476 g/mol. The molecule has 0 heterocycles. The van der Waals surface area contributed by atoms with Gasteiger partial charge < -0.3 is 0 Å². The van der Waals surface area contributed by atoms with Crippen LogP contribution in [0.3, 0.4) is 0 Å². The van der Waals surface area contributed by atoms with E-state index in [2.05, 4.69) is 9.44 Å². The number of sulfonamides is 2. The van der Waals surface area contributed by atoms with Crippen molar-refractivity contribution in [2.24, 2.45) is 0 Å². The topological polar surface area (TPSA) is 92.3 Å². The minimum atomic E-state index is -3.91. The van der Waals surface area contributed by atoms with Crippen molar-refractivity contribution in [1.29, 1.82) is 0 Å². The lowest BCUT2D eigenvalue weighted by atomic mass is 10.2. The average molecular weight is 477 g/mol. The Bertz CT molecular complexity index is 1350. The molecule has 2 N–H and O–H groups in total. The summed E-state index contributed by atoms with van der Waals surface area (Å²) in [4.78, 5) is -0.0626. The number of hydrogen-bond acceptors (Lipinski definition) is 4. The lowest BCUT2D eigenvalue weighted by molar-refractivity contribution is 0.600. The van der Waals surface area contributed by atoms with Gasteiger partial charge in [-0.25, -0.2) is 16.8 Å². The molecule has 0 aliphatic heterocycles. The molecule has 0 saturated heterocycles. The van der Waals surface area contributed by atoms with E-state index in [1.807, 2.05) is 13.0 Å². The third-order valence-corrected chi connectivity index (χ3v) is 7.10. The first kappa shape index (κ1) is 22.9. The molecule has 3 rings (SSSR count). The van der Waals surface area contributed by atoms with Gasteiger partial charge in [-0.15, -0.1) is 0 Å². The second-order valence-corrected chi connectivity index (χ2v) is 10.6. The summed E-state index contributed by atoms with van der Waals surface area (Å²) in [6, 6.07) is 18.0. The number of nitrogens with one attached hydrogen (secondary N) is 2. The first-order chi connectivity index (χ1) is 14.6. The van der Waals surface area contributed by atoms with Crippen LogP contribution in [0.15, 0.2) is 77.0 Å². The average Bonchev–Trinajstić information content (AvgIpc) is 2.68. The van der Waals surface area contributed by atoms with Crippen LogP contribution < -0.4 is 9.44 Å². The van der Waals surface area contributed by atoms with Crippen LogP contribution in [-0.2, 0) is 20.0 Å². The Hall–Kier alpha value is -2.81. The molecule has 0 aromatic heterocycles. The third-order valence-electron chi connectivity index (χ3n) is 4.37. The molecule has 0 aliphatic carbocycles.